The predicted octanol–water partition coefficient (Wildman–Crippen LogP) is 3.53. The number of anilines is 1. The molecule has 1 aromatic carbocycles. The molecule has 0 atom stereocenters. The molecule has 5 nitrogen and oxygen atoms in total. The molecule has 2 amide bonds. The molecule has 1 heterocycles. The fourth-order valence-electron chi connectivity index (χ4n) is 1.52. The molecule has 0 radical (unpaired) electrons. The van der Waals surface area contributed by atoms with Gasteiger partial charge in [-0.3, -0.25) is 0 Å². The van der Waals surface area contributed by atoms with Gasteiger partial charge in [0.05, 0.1) is 5.56 Å². The van der Waals surface area contributed by atoms with Gasteiger partial charge in [-0.1, -0.05) is 0 Å². The van der Waals surface area contributed by atoms with Crippen molar-refractivity contribution in [3.63, 3.8) is 0 Å². The van der Waals surface area contributed by atoms with Crippen molar-refractivity contribution in [3.05, 3.63) is 50.6 Å². The molecule has 20 heavy (non-hydrogen) atoms. The van der Waals surface area contributed by atoms with Crippen molar-refractivity contribution in [1.82, 2.24) is 5.32 Å². The van der Waals surface area contributed by atoms with E-state index >= 15 is 0 Å². The molecule has 0 unspecified atom stereocenters. The number of carboxylic acids is 1. The molecular formula is C13H11BrN2O3S. The summed E-state index contributed by atoms with van der Waals surface area (Å²) < 4.78 is 0.467. The highest BCUT2D eigenvalue weighted by Crippen LogP contribution is 2.21. The Morgan fingerprint density at radius 3 is 2.75 bits per heavy atom. The number of amides is 2. The van der Waals surface area contributed by atoms with Crippen molar-refractivity contribution in [2.75, 3.05) is 5.32 Å². The summed E-state index contributed by atoms with van der Waals surface area (Å²) in [5, 5.41) is 18.2. The molecular weight excluding hydrogens is 344 g/mol. The summed E-state index contributed by atoms with van der Waals surface area (Å²) in [5.74, 6) is -1.06. The topological polar surface area (TPSA) is 78.4 Å². The largest absolute Gasteiger partial charge is 0.478 e. The Labute approximate surface area is 127 Å². The van der Waals surface area contributed by atoms with Crippen molar-refractivity contribution in [1.29, 1.82) is 0 Å². The van der Waals surface area contributed by atoms with Gasteiger partial charge in [0.15, 0.2) is 0 Å². The zero-order valence-corrected chi connectivity index (χ0v) is 12.6. The van der Waals surface area contributed by atoms with Gasteiger partial charge >= 0.3 is 12.0 Å². The maximum Gasteiger partial charge on any atom is 0.336 e. The number of aromatic carboxylic acids is 1. The van der Waals surface area contributed by atoms with Crippen LogP contribution in [0.4, 0.5) is 10.5 Å². The van der Waals surface area contributed by atoms with E-state index in [0.717, 1.165) is 5.56 Å². The highest BCUT2D eigenvalue weighted by molar-refractivity contribution is 9.10. The van der Waals surface area contributed by atoms with Crippen molar-refractivity contribution >= 4 is 45.0 Å². The molecule has 7 heteroatoms. The number of hydrogen-bond acceptors (Lipinski definition) is 3. The molecule has 0 bridgehead atoms. The van der Waals surface area contributed by atoms with E-state index in [1.165, 1.54) is 6.07 Å². The van der Waals surface area contributed by atoms with E-state index < -0.39 is 5.97 Å². The van der Waals surface area contributed by atoms with Crippen LogP contribution < -0.4 is 10.6 Å². The smallest absolute Gasteiger partial charge is 0.336 e. The van der Waals surface area contributed by atoms with Crippen LogP contribution in [0.3, 0.4) is 0 Å². The van der Waals surface area contributed by atoms with Crippen LogP contribution in [-0.4, -0.2) is 17.1 Å². The first kappa shape index (κ1) is 14.5. The van der Waals surface area contributed by atoms with Gasteiger partial charge in [0.2, 0.25) is 0 Å². The van der Waals surface area contributed by atoms with Gasteiger partial charge in [0.1, 0.15) is 0 Å². The number of urea groups is 1. The molecule has 0 spiro atoms. The van der Waals surface area contributed by atoms with Crippen LogP contribution in [0, 0.1) is 0 Å². The fourth-order valence-corrected chi connectivity index (χ4v) is 2.60. The molecule has 0 aliphatic heterocycles. The van der Waals surface area contributed by atoms with Crippen molar-refractivity contribution in [2.45, 2.75) is 6.54 Å². The van der Waals surface area contributed by atoms with E-state index in [0.29, 0.717) is 16.7 Å². The molecule has 0 saturated carbocycles. The first-order chi connectivity index (χ1) is 9.56. The quantitative estimate of drug-likeness (QED) is 0.785. The number of carboxylic acid groups (broad SMARTS) is 1. The van der Waals surface area contributed by atoms with Crippen LogP contribution in [0.15, 0.2) is 39.5 Å². The number of carbonyl (C=O) groups is 2. The number of halogens is 1. The monoisotopic (exact) mass is 354 g/mol. The SMILES string of the molecule is O=C(NCc1ccsc1)Nc1ccc(Br)c(C(=O)O)c1. The van der Waals surface area contributed by atoms with Crippen LogP contribution in [0.25, 0.3) is 0 Å². The van der Waals surface area contributed by atoms with Gasteiger partial charge < -0.3 is 15.7 Å². The highest BCUT2D eigenvalue weighted by atomic mass is 79.9. The highest BCUT2D eigenvalue weighted by Gasteiger charge is 2.10. The zero-order chi connectivity index (χ0) is 14.5. The van der Waals surface area contributed by atoms with Crippen molar-refractivity contribution in [2.24, 2.45) is 0 Å². The number of nitrogens with one attached hydrogen (secondary N) is 2. The van der Waals surface area contributed by atoms with Crippen LogP contribution in [0.1, 0.15) is 15.9 Å². The lowest BCUT2D eigenvalue weighted by molar-refractivity contribution is 0.0696. The molecule has 0 fully saturated rings. The van der Waals surface area contributed by atoms with Crippen molar-refractivity contribution in [3.8, 4) is 0 Å². The Morgan fingerprint density at radius 2 is 2.10 bits per heavy atom. The molecule has 1 aromatic heterocycles. The minimum Gasteiger partial charge on any atom is -0.478 e. The summed E-state index contributed by atoms with van der Waals surface area (Å²) in [6.07, 6.45) is 0. The van der Waals surface area contributed by atoms with E-state index in [-0.39, 0.29) is 11.6 Å². The third-order valence-electron chi connectivity index (χ3n) is 2.49. The van der Waals surface area contributed by atoms with Gasteiger partial charge in [-0.25, -0.2) is 9.59 Å². The summed E-state index contributed by atoms with van der Waals surface area (Å²) >= 11 is 4.71. The number of rotatable bonds is 4. The van der Waals surface area contributed by atoms with Crippen molar-refractivity contribution < 1.29 is 14.7 Å². The average Bonchev–Trinajstić information content (AvgIpc) is 2.91. The number of carbonyl (C=O) groups excluding carboxylic acids is 1. The lowest BCUT2D eigenvalue weighted by atomic mass is 10.2. The van der Waals surface area contributed by atoms with E-state index in [9.17, 15) is 9.59 Å². The summed E-state index contributed by atoms with van der Waals surface area (Å²) in [5.41, 5.74) is 1.54. The Morgan fingerprint density at radius 1 is 1.30 bits per heavy atom. The minimum atomic E-state index is -1.06. The van der Waals surface area contributed by atoms with Crippen LogP contribution >= 0.6 is 27.3 Å². The standard InChI is InChI=1S/C13H11BrN2O3S/c14-11-2-1-9(5-10(11)12(17)18)16-13(19)15-6-8-3-4-20-7-8/h1-5,7H,6H2,(H,17,18)(H2,15,16,19). The maximum absolute atomic E-state index is 11.7. The average molecular weight is 355 g/mol. The first-order valence-electron chi connectivity index (χ1n) is 5.65. The van der Waals surface area contributed by atoms with E-state index in [1.54, 1.807) is 23.5 Å². The van der Waals surface area contributed by atoms with E-state index in [1.807, 2.05) is 16.8 Å². The van der Waals surface area contributed by atoms with E-state index in [2.05, 4.69) is 26.6 Å². The summed E-state index contributed by atoms with van der Waals surface area (Å²) in [7, 11) is 0. The molecule has 0 aliphatic carbocycles. The van der Waals surface area contributed by atoms with Crippen LogP contribution in [0.2, 0.25) is 0 Å². The molecule has 3 N–H and O–H groups in total. The number of benzene rings is 1. The molecule has 2 aromatic rings. The zero-order valence-electron chi connectivity index (χ0n) is 10.2. The fraction of sp³-hybridized carbons (Fsp3) is 0.0769. The molecule has 2 rings (SSSR count). The van der Waals surface area contributed by atoms with Gasteiger partial charge in [0, 0.05) is 16.7 Å². The van der Waals surface area contributed by atoms with Gasteiger partial charge in [-0.2, -0.15) is 11.3 Å². The molecule has 104 valence electrons. The summed E-state index contributed by atoms with van der Waals surface area (Å²) in [6, 6.07) is 6.15. The second-order valence-electron chi connectivity index (χ2n) is 3.94. The lowest BCUT2D eigenvalue weighted by Gasteiger charge is -2.08. The Kier molecular flexibility index (Phi) is 4.75. The normalized spacial score (nSPS) is 10.1. The third kappa shape index (κ3) is 3.82. The lowest BCUT2D eigenvalue weighted by Crippen LogP contribution is -2.28. The second-order valence-corrected chi connectivity index (χ2v) is 5.57. The second kappa shape index (κ2) is 6.53. The molecule has 0 aliphatic rings. The summed E-state index contributed by atoms with van der Waals surface area (Å²) in [4.78, 5) is 22.7. The van der Waals surface area contributed by atoms with Gasteiger partial charge in [-0.15, -0.1) is 0 Å². The van der Waals surface area contributed by atoms with E-state index in [4.69, 9.17) is 5.11 Å². The van der Waals surface area contributed by atoms with Crippen LogP contribution in [-0.2, 0) is 6.54 Å². The van der Waals surface area contributed by atoms with Gasteiger partial charge in [-0.05, 0) is 56.5 Å². The minimum absolute atomic E-state index is 0.0978. The summed E-state index contributed by atoms with van der Waals surface area (Å²) in [6.45, 7) is 0.428. The third-order valence-corrected chi connectivity index (χ3v) is 3.91. The van der Waals surface area contributed by atoms with Gasteiger partial charge in [0.25, 0.3) is 0 Å². The number of thiophene rings is 1. The number of hydrogen-bond donors (Lipinski definition) is 3. The first-order valence-corrected chi connectivity index (χ1v) is 7.38. The Hall–Kier alpha value is -1.86. The Balaban J connectivity index is 1.97. The predicted molar refractivity (Wildman–Crippen MR) is 81.3 cm³/mol. The molecule has 0 saturated heterocycles. The van der Waals surface area contributed by atoms with Crippen LogP contribution in [0.5, 0.6) is 0 Å². The Bertz CT molecular complexity index is 629. The maximum atomic E-state index is 11.7.